The van der Waals surface area contributed by atoms with E-state index in [4.69, 9.17) is 0 Å². The van der Waals surface area contributed by atoms with Gasteiger partial charge in [0.15, 0.2) is 0 Å². The molecule has 2 amide bonds. The Labute approximate surface area is 154 Å². The SMILES string of the molecule is O=C(NC1Cc2ccccc2C1)[C@H]1[C@@H]2CNC[C@@H](C2)[C@@H]2CCCC(=O)N21. The lowest BCUT2D eigenvalue weighted by Gasteiger charge is -2.54. The number of nitrogens with one attached hydrogen (secondary N) is 2. The molecule has 2 bridgehead atoms. The second kappa shape index (κ2) is 6.38. The molecule has 0 unspecified atom stereocenters. The second-order valence-corrected chi connectivity index (χ2v) is 8.50. The van der Waals surface area contributed by atoms with Crippen molar-refractivity contribution in [1.82, 2.24) is 15.5 Å². The van der Waals surface area contributed by atoms with E-state index in [1.54, 1.807) is 0 Å². The first-order valence-electron chi connectivity index (χ1n) is 10.1. The Balaban J connectivity index is 1.35. The normalized spacial score (nSPS) is 33.5. The van der Waals surface area contributed by atoms with Crippen LogP contribution in [0.1, 0.15) is 36.8 Å². The van der Waals surface area contributed by atoms with E-state index in [9.17, 15) is 9.59 Å². The molecule has 1 aromatic carbocycles. The van der Waals surface area contributed by atoms with Gasteiger partial charge < -0.3 is 15.5 Å². The molecule has 0 aromatic heterocycles. The van der Waals surface area contributed by atoms with Crippen molar-refractivity contribution in [3.05, 3.63) is 35.4 Å². The third-order valence-corrected chi connectivity index (χ3v) is 6.91. The van der Waals surface area contributed by atoms with E-state index in [0.29, 0.717) is 12.3 Å². The average molecular weight is 353 g/mol. The van der Waals surface area contributed by atoms with Crippen LogP contribution in [0.3, 0.4) is 0 Å². The smallest absolute Gasteiger partial charge is 0.243 e. The van der Waals surface area contributed by atoms with E-state index in [-0.39, 0.29) is 35.9 Å². The topological polar surface area (TPSA) is 61.4 Å². The number of fused-ring (bicyclic) bond motifs is 5. The number of piperidine rings is 3. The monoisotopic (exact) mass is 353 g/mol. The van der Waals surface area contributed by atoms with Crippen LogP contribution in [0.15, 0.2) is 24.3 Å². The molecule has 2 N–H and O–H groups in total. The van der Waals surface area contributed by atoms with Gasteiger partial charge in [-0.15, -0.1) is 0 Å². The summed E-state index contributed by atoms with van der Waals surface area (Å²) >= 11 is 0. The molecule has 0 radical (unpaired) electrons. The molecule has 0 spiro atoms. The van der Waals surface area contributed by atoms with E-state index in [1.165, 1.54) is 11.1 Å². The molecule has 5 rings (SSSR count). The molecular weight excluding hydrogens is 326 g/mol. The maximum absolute atomic E-state index is 13.3. The van der Waals surface area contributed by atoms with E-state index < -0.39 is 0 Å². The van der Waals surface area contributed by atoms with Crippen molar-refractivity contribution in [2.75, 3.05) is 13.1 Å². The first-order chi connectivity index (χ1) is 12.7. The fourth-order valence-corrected chi connectivity index (χ4v) is 5.80. The lowest BCUT2D eigenvalue weighted by atomic mass is 9.72. The van der Waals surface area contributed by atoms with Crippen molar-refractivity contribution < 1.29 is 9.59 Å². The third-order valence-electron chi connectivity index (χ3n) is 6.91. The predicted octanol–water partition coefficient (Wildman–Crippen LogP) is 1.26. The van der Waals surface area contributed by atoms with Crippen molar-refractivity contribution in [2.24, 2.45) is 11.8 Å². The molecule has 0 saturated carbocycles. The van der Waals surface area contributed by atoms with Crippen molar-refractivity contribution >= 4 is 11.8 Å². The molecule has 26 heavy (non-hydrogen) atoms. The van der Waals surface area contributed by atoms with Gasteiger partial charge in [0, 0.05) is 31.0 Å². The molecule has 5 nitrogen and oxygen atoms in total. The van der Waals surface area contributed by atoms with Gasteiger partial charge in [-0.05, 0) is 55.7 Å². The summed E-state index contributed by atoms with van der Waals surface area (Å²) in [6.07, 6.45) is 5.48. The first-order valence-corrected chi connectivity index (χ1v) is 10.1. The lowest BCUT2D eigenvalue weighted by Crippen LogP contribution is -2.68. The Morgan fingerprint density at radius 3 is 2.62 bits per heavy atom. The van der Waals surface area contributed by atoms with Gasteiger partial charge in [-0.2, -0.15) is 0 Å². The van der Waals surface area contributed by atoms with Crippen LogP contribution in [0.4, 0.5) is 0 Å². The molecule has 3 heterocycles. The minimum Gasteiger partial charge on any atom is -0.351 e. The summed E-state index contributed by atoms with van der Waals surface area (Å²) < 4.78 is 0. The highest BCUT2D eigenvalue weighted by Crippen LogP contribution is 2.39. The second-order valence-electron chi connectivity index (χ2n) is 8.50. The van der Waals surface area contributed by atoms with E-state index in [1.807, 2.05) is 4.90 Å². The van der Waals surface area contributed by atoms with Gasteiger partial charge >= 0.3 is 0 Å². The van der Waals surface area contributed by atoms with Crippen LogP contribution in [-0.2, 0) is 22.4 Å². The van der Waals surface area contributed by atoms with E-state index in [0.717, 1.165) is 45.2 Å². The van der Waals surface area contributed by atoms with Gasteiger partial charge in [-0.25, -0.2) is 0 Å². The minimum atomic E-state index is -0.291. The number of carbonyl (C=O) groups excluding carboxylic acids is 2. The molecule has 4 aliphatic rings. The zero-order chi connectivity index (χ0) is 17.7. The molecule has 3 fully saturated rings. The molecule has 1 aliphatic carbocycles. The zero-order valence-corrected chi connectivity index (χ0v) is 15.1. The van der Waals surface area contributed by atoms with E-state index >= 15 is 0 Å². The third kappa shape index (κ3) is 2.64. The van der Waals surface area contributed by atoms with Gasteiger partial charge in [0.1, 0.15) is 6.04 Å². The Kier molecular flexibility index (Phi) is 4.00. The maximum atomic E-state index is 13.3. The average Bonchev–Trinajstić information content (AvgIpc) is 3.05. The summed E-state index contributed by atoms with van der Waals surface area (Å²) in [4.78, 5) is 28.0. The lowest BCUT2D eigenvalue weighted by molar-refractivity contribution is -0.157. The maximum Gasteiger partial charge on any atom is 0.243 e. The number of amides is 2. The van der Waals surface area contributed by atoms with Crippen LogP contribution in [0.25, 0.3) is 0 Å². The molecule has 3 aliphatic heterocycles. The summed E-state index contributed by atoms with van der Waals surface area (Å²) in [6, 6.07) is 8.55. The quantitative estimate of drug-likeness (QED) is 0.841. The standard InChI is InChI=1S/C21H27N3O2/c25-19-7-3-6-18-15-8-16(12-22-11-15)20(24(18)19)21(26)23-17-9-13-4-1-2-5-14(13)10-17/h1-2,4-5,15-18,20,22H,3,6-12H2,(H,23,26)/t15-,16+,18+,20-/m1/s1. The number of benzene rings is 1. The fraction of sp³-hybridized carbons (Fsp3) is 0.619. The molecule has 138 valence electrons. The van der Waals surface area contributed by atoms with E-state index in [2.05, 4.69) is 34.9 Å². The minimum absolute atomic E-state index is 0.0650. The molecule has 5 heteroatoms. The first kappa shape index (κ1) is 16.3. The number of carbonyl (C=O) groups is 2. The van der Waals surface area contributed by atoms with Crippen LogP contribution in [0.2, 0.25) is 0 Å². The number of rotatable bonds is 2. The zero-order valence-electron chi connectivity index (χ0n) is 15.1. The molecule has 4 atom stereocenters. The van der Waals surface area contributed by atoms with Crippen LogP contribution in [0, 0.1) is 11.8 Å². The fourth-order valence-electron chi connectivity index (χ4n) is 5.80. The van der Waals surface area contributed by atoms with Crippen molar-refractivity contribution in [3.8, 4) is 0 Å². The summed E-state index contributed by atoms with van der Waals surface area (Å²) in [5.41, 5.74) is 2.68. The van der Waals surface area contributed by atoms with Gasteiger partial charge in [0.25, 0.3) is 0 Å². The van der Waals surface area contributed by atoms with Crippen LogP contribution < -0.4 is 10.6 Å². The van der Waals surface area contributed by atoms with Crippen molar-refractivity contribution in [1.29, 1.82) is 0 Å². The van der Waals surface area contributed by atoms with Crippen molar-refractivity contribution in [3.63, 3.8) is 0 Å². The van der Waals surface area contributed by atoms with Gasteiger partial charge in [-0.1, -0.05) is 24.3 Å². The summed E-state index contributed by atoms with van der Waals surface area (Å²) in [5.74, 6) is 1.01. The summed E-state index contributed by atoms with van der Waals surface area (Å²) in [7, 11) is 0. The molecule has 1 aromatic rings. The van der Waals surface area contributed by atoms with Crippen LogP contribution in [-0.4, -0.2) is 47.9 Å². The molecule has 3 saturated heterocycles. The highest BCUT2D eigenvalue weighted by Gasteiger charge is 2.50. The predicted molar refractivity (Wildman–Crippen MR) is 98.5 cm³/mol. The Morgan fingerprint density at radius 1 is 1.12 bits per heavy atom. The largest absolute Gasteiger partial charge is 0.351 e. The van der Waals surface area contributed by atoms with Crippen molar-refractivity contribution in [2.45, 2.75) is 56.7 Å². The number of hydrogen-bond donors (Lipinski definition) is 2. The number of hydrogen-bond acceptors (Lipinski definition) is 3. The number of nitrogens with zero attached hydrogens (tertiary/aromatic N) is 1. The summed E-state index contributed by atoms with van der Waals surface area (Å²) in [5, 5.41) is 6.80. The molecular formula is C21H27N3O2. The van der Waals surface area contributed by atoms with Gasteiger partial charge in [0.05, 0.1) is 0 Å². The summed E-state index contributed by atoms with van der Waals surface area (Å²) in [6.45, 7) is 1.83. The highest BCUT2D eigenvalue weighted by molar-refractivity contribution is 5.89. The Morgan fingerprint density at radius 2 is 1.85 bits per heavy atom. The van der Waals surface area contributed by atoms with Crippen LogP contribution >= 0.6 is 0 Å². The van der Waals surface area contributed by atoms with Gasteiger partial charge in [-0.3, -0.25) is 9.59 Å². The Bertz CT molecular complexity index is 709. The highest BCUT2D eigenvalue weighted by atomic mass is 16.2. The van der Waals surface area contributed by atoms with Gasteiger partial charge in [0.2, 0.25) is 11.8 Å². The Hall–Kier alpha value is -1.88. The van der Waals surface area contributed by atoms with Crippen LogP contribution in [0.5, 0.6) is 0 Å².